The quantitative estimate of drug-likeness (QED) is 0.794. The van der Waals surface area contributed by atoms with Crippen molar-refractivity contribution in [1.82, 2.24) is 0 Å². The lowest BCUT2D eigenvalue weighted by Crippen LogP contribution is -2.31. The average Bonchev–Trinajstić information content (AvgIpc) is 2.37. The van der Waals surface area contributed by atoms with Gasteiger partial charge < -0.3 is 14.7 Å². The molecule has 0 spiro atoms. The number of hydrogen-bond donors (Lipinski definition) is 1. The van der Waals surface area contributed by atoms with Crippen molar-refractivity contribution in [1.29, 1.82) is 0 Å². The van der Waals surface area contributed by atoms with Gasteiger partial charge in [-0.25, -0.2) is 4.79 Å². The van der Waals surface area contributed by atoms with Crippen LogP contribution in [0.5, 0.6) is 0 Å². The summed E-state index contributed by atoms with van der Waals surface area (Å²) >= 11 is 0. The molecule has 0 aromatic heterocycles. The molecule has 5 heteroatoms. The van der Waals surface area contributed by atoms with Crippen molar-refractivity contribution in [3.8, 4) is 0 Å². The molecule has 0 fully saturated rings. The van der Waals surface area contributed by atoms with Gasteiger partial charge in [-0.2, -0.15) is 0 Å². The summed E-state index contributed by atoms with van der Waals surface area (Å²) in [6, 6.07) is 7.08. The second-order valence-corrected chi connectivity index (χ2v) is 3.93. The highest BCUT2D eigenvalue weighted by atomic mass is 16.5. The largest absolute Gasteiger partial charge is 0.478 e. The number of benzene rings is 1. The third kappa shape index (κ3) is 4.93. The zero-order valence-corrected chi connectivity index (χ0v) is 11.0. The van der Waals surface area contributed by atoms with E-state index in [1.165, 1.54) is 13.0 Å². The van der Waals surface area contributed by atoms with E-state index in [1.807, 2.05) is 0 Å². The molecule has 0 aliphatic heterocycles. The van der Waals surface area contributed by atoms with Crippen LogP contribution in [0.1, 0.15) is 12.5 Å². The minimum absolute atomic E-state index is 0.0640. The van der Waals surface area contributed by atoms with E-state index in [2.05, 4.69) is 0 Å². The zero-order valence-electron chi connectivity index (χ0n) is 11.0. The van der Waals surface area contributed by atoms with Gasteiger partial charge in [0.05, 0.1) is 6.61 Å². The Bertz CT molecular complexity index is 465. The summed E-state index contributed by atoms with van der Waals surface area (Å²) in [4.78, 5) is 23.5. The highest BCUT2D eigenvalue weighted by Crippen LogP contribution is 2.16. The number of carboxylic acid groups (broad SMARTS) is 1. The Hall–Kier alpha value is -2.14. The van der Waals surface area contributed by atoms with Crippen LogP contribution in [0.15, 0.2) is 30.3 Å². The monoisotopic (exact) mass is 263 g/mol. The zero-order chi connectivity index (χ0) is 14.3. The molecule has 1 aromatic carbocycles. The van der Waals surface area contributed by atoms with Crippen molar-refractivity contribution >= 4 is 23.6 Å². The van der Waals surface area contributed by atoms with Crippen molar-refractivity contribution in [2.24, 2.45) is 0 Å². The molecule has 102 valence electrons. The third-order valence-electron chi connectivity index (χ3n) is 2.52. The number of hydrogen-bond acceptors (Lipinski definition) is 3. The van der Waals surface area contributed by atoms with Gasteiger partial charge in [-0.3, -0.25) is 4.79 Å². The lowest BCUT2D eigenvalue weighted by atomic mass is 10.2. The van der Waals surface area contributed by atoms with Crippen LogP contribution in [-0.4, -0.2) is 37.2 Å². The summed E-state index contributed by atoms with van der Waals surface area (Å²) in [7, 11) is 1.58. The first-order chi connectivity index (χ1) is 9.04. The normalized spacial score (nSPS) is 10.6. The van der Waals surface area contributed by atoms with Gasteiger partial charge in [0.15, 0.2) is 0 Å². The van der Waals surface area contributed by atoms with E-state index in [0.29, 0.717) is 13.2 Å². The fraction of sp³-hybridized carbons (Fsp3) is 0.286. The molecule has 0 bridgehead atoms. The fourth-order valence-corrected chi connectivity index (χ4v) is 1.58. The van der Waals surface area contributed by atoms with Crippen molar-refractivity contribution in [3.05, 3.63) is 35.9 Å². The number of rotatable bonds is 6. The standard InChI is InChI=1S/C14H17NO4/c1-11(16)15(9-10-19-2)13-6-3-12(4-7-13)5-8-14(17)18/h3-8H,9-10H2,1-2H3,(H,17,18). The predicted molar refractivity (Wildman–Crippen MR) is 73.0 cm³/mol. The van der Waals surface area contributed by atoms with Gasteiger partial charge >= 0.3 is 5.97 Å². The number of aliphatic carboxylic acids is 1. The molecule has 19 heavy (non-hydrogen) atoms. The van der Waals surface area contributed by atoms with E-state index in [9.17, 15) is 9.59 Å². The fourth-order valence-electron chi connectivity index (χ4n) is 1.58. The minimum atomic E-state index is -0.991. The highest BCUT2D eigenvalue weighted by Gasteiger charge is 2.10. The molecule has 1 N–H and O–H groups in total. The summed E-state index contributed by atoms with van der Waals surface area (Å²) in [5, 5.41) is 8.53. The van der Waals surface area contributed by atoms with Crippen LogP contribution in [0, 0.1) is 0 Å². The molecular weight excluding hydrogens is 246 g/mol. The number of nitrogens with zero attached hydrogens (tertiary/aromatic N) is 1. The summed E-state index contributed by atoms with van der Waals surface area (Å²) in [5.74, 6) is -1.06. The maximum absolute atomic E-state index is 11.5. The molecule has 0 heterocycles. The van der Waals surface area contributed by atoms with Crippen LogP contribution >= 0.6 is 0 Å². The van der Waals surface area contributed by atoms with E-state index >= 15 is 0 Å². The number of carbonyl (C=O) groups is 2. The summed E-state index contributed by atoms with van der Waals surface area (Å²) in [5.41, 5.74) is 1.53. The van der Waals surface area contributed by atoms with Gasteiger partial charge in [0.1, 0.15) is 0 Å². The number of methoxy groups -OCH3 is 1. The van der Waals surface area contributed by atoms with Crippen molar-refractivity contribution < 1.29 is 19.4 Å². The molecule has 0 aliphatic carbocycles. The van der Waals surface area contributed by atoms with Gasteiger partial charge in [0, 0.05) is 32.3 Å². The lowest BCUT2D eigenvalue weighted by molar-refractivity contribution is -0.131. The van der Waals surface area contributed by atoms with Crippen molar-refractivity contribution in [2.75, 3.05) is 25.2 Å². The number of carboxylic acids is 1. The molecule has 1 rings (SSSR count). The van der Waals surface area contributed by atoms with Gasteiger partial charge in [-0.05, 0) is 23.8 Å². The van der Waals surface area contributed by atoms with Crippen LogP contribution in [0.25, 0.3) is 6.08 Å². The first kappa shape index (κ1) is 14.9. The summed E-state index contributed by atoms with van der Waals surface area (Å²) in [6.45, 7) is 2.43. The summed E-state index contributed by atoms with van der Waals surface area (Å²) in [6.07, 6.45) is 2.57. The average molecular weight is 263 g/mol. The third-order valence-corrected chi connectivity index (χ3v) is 2.52. The topological polar surface area (TPSA) is 66.8 Å². The van der Waals surface area contributed by atoms with Crippen molar-refractivity contribution in [2.45, 2.75) is 6.92 Å². The Kier molecular flexibility index (Phi) is 5.75. The molecule has 1 amide bonds. The Balaban J connectivity index is 2.83. The minimum Gasteiger partial charge on any atom is -0.478 e. The van der Waals surface area contributed by atoms with Crippen LogP contribution in [0.3, 0.4) is 0 Å². The first-order valence-corrected chi connectivity index (χ1v) is 5.82. The Labute approximate surface area is 112 Å². The van der Waals surface area contributed by atoms with Crippen LogP contribution in [-0.2, 0) is 14.3 Å². The maximum atomic E-state index is 11.5. The molecular formula is C14H17NO4. The van der Waals surface area contributed by atoms with Crippen LogP contribution < -0.4 is 4.90 Å². The number of anilines is 1. The molecule has 0 saturated carbocycles. The van der Waals surface area contributed by atoms with E-state index in [1.54, 1.807) is 36.3 Å². The SMILES string of the molecule is COCCN(C(C)=O)c1ccc(C=CC(=O)O)cc1. The van der Waals surface area contributed by atoms with Crippen LogP contribution in [0.4, 0.5) is 5.69 Å². The smallest absolute Gasteiger partial charge is 0.328 e. The molecule has 0 aliphatic rings. The molecule has 0 atom stereocenters. The maximum Gasteiger partial charge on any atom is 0.328 e. The molecule has 0 saturated heterocycles. The molecule has 1 aromatic rings. The molecule has 0 radical (unpaired) electrons. The van der Waals surface area contributed by atoms with Crippen LogP contribution in [0.2, 0.25) is 0 Å². The predicted octanol–water partition coefficient (Wildman–Crippen LogP) is 1.78. The van der Waals surface area contributed by atoms with Gasteiger partial charge in [0.2, 0.25) is 5.91 Å². The second-order valence-electron chi connectivity index (χ2n) is 3.93. The number of carbonyl (C=O) groups excluding carboxylic acids is 1. The Morgan fingerprint density at radius 1 is 1.32 bits per heavy atom. The number of amides is 1. The Morgan fingerprint density at radius 3 is 2.42 bits per heavy atom. The number of ether oxygens (including phenoxy) is 1. The van der Waals surface area contributed by atoms with E-state index < -0.39 is 5.97 Å². The van der Waals surface area contributed by atoms with E-state index in [-0.39, 0.29) is 5.91 Å². The summed E-state index contributed by atoms with van der Waals surface area (Å²) < 4.78 is 4.96. The van der Waals surface area contributed by atoms with Gasteiger partial charge in [0.25, 0.3) is 0 Å². The van der Waals surface area contributed by atoms with Gasteiger partial charge in [-0.1, -0.05) is 12.1 Å². The first-order valence-electron chi connectivity index (χ1n) is 5.82. The molecule has 5 nitrogen and oxygen atoms in total. The highest BCUT2D eigenvalue weighted by molar-refractivity contribution is 5.91. The lowest BCUT2D eigenvalue weighted by Gasteiger charge is -2.20. The van der Waals surface area contributed by atoms with Crippen molar-refractivity contribution in [3.63, 3.8) is 0 Å². The van der Waals surface area contributed by atoms with Gasteiger partial charge in [-0.15, -0.1) is 0 Å². The van der Waals surface area contributed by atoms with E-state index in [0.717, 1.165) is 17.3 Å². The van der Waals surface area contributed by atoms with E-state index in [4.69, 9.17) is 9.84 Å². The Morgan fingerprint density at radius 2 is 1.95 bits per heavy atom. The second kappa shape index (κ2) is 7.33. The molecule has 0 unspecified atom stereocenters.